The lowest BCUT2D eigenvalue weighted by Crippen LogP contribution is -2.28. The molecule has 1 amide bonds. The van der Waals surface area contributed by atoms with Crippen LogP contribution in [0.25, 0.3) is 10.8 Å². The Balaban J connectivity index is 1.51. The summed E-state index contributed by atoms with van der Waals surface area (Å²) in [5, 5.41) is 1.49. The zero-order valence-corrected chi connectivity index (χ0v) is 15.3. The zero-order chi connectivity index (χ0) is 17.4. The molecule has 7 heteroatoms. The molecule has 0 spiro atoms. The molecule has 2 aromatic heterocycles. The average Bonchev–Trinajstić information content (AvgIpc) is 3.35. The number of hydrogen-bond acceptors (Lipinski definition) is 4. The van der Waals surface area contributed by atoms with Crippen LogP contribution in [0.5, 0.6) is 0 Å². The van der Waals surface area contributed by atoms with Crippen LogP contribution < -0.4 is 0 Å². The van der Waals surface area contributed by atoms with E-state index in [1.165, 1.54) is 16.9 Å². The van der Waals surface area contributed by atoms with Crippen molar-refractivity contribution in [3.63, 3.8) is 0 Å². The fraction of sp³-hybridized carbons (Fsp3) is 0.278. The Morgan fingerprint density at radius 2 is 2.16 bits per heavy atom. The Hall–Kier alpha value is -2.18. The number of likely N-dealkylation sites (tertiary alicyclic amines) is 1. The number of H-pyrrole nitrogens is 1. The maximum absolute atomic E-state index is 12.9. The van der Waals surface area contributed by atoms with E-state index in [0.717, 1.165) is 35.2 Å². The van der Waals surface area contributed by atoms with Crippen LogP contribution in [0.1, 0.15) is 33.3 Å². The molecule has 3 heterocycles. The lowest BCUT2D eigenvalue weighted by Gasteiger charge is -2.16. The molecule has 1 fully saturated rings. The lowest BCUT2D eigenvalue weighted by molar-refractivity contribution is 0.0794. The van der Waals surface area contributed by atoms with Crippen molar-refractivity contribution in [1.82, 2.24) is 19.9 Å². The summed E-state index contributed by atoms with van der Waals surface area (Å²) >= 11 is 7.36. The van der Waals surface area contributed by atoms with Gasteiger partial charge in [-0.3, -0.25) is 4.79 Å². The third kappa shape index (κ3) is 3.19. The Morgan fingerprint density at radius 3 is 2.88 bits per heavy atom. The van der Waals surface area contributed by atoms with Gasteiger partial charge >= 0.3 is 0 Å². The van der Waals surface area contributed by atoms with E-state index in [-0.39, 0.29) is 5.91 Å². The molecule has 1 aliphatic heterocycles. The molecule has 0 saturated carbocycles. The molecule has 4 rings (SSSR count). The van der Waals surface area contributed by atoms with Crippen LogP contribution in [0.2, 0.25) is 5.02 Å². The number of halogens is 1. The number of nitrogens with zero attached hydrogens (tertiary/aromatic N) is 3. The molecule has 0 bridgehead atoms. The first kappa shape index (κ1) is 16.3. The number of amides is 1. The highest BCUT2D eigenvalue weighted by Crippen LogP contribution is 2.32. The van der Waals surface area contributed by atoms with Crippen LogP contribution in [-0.2, 0) is 0 Å². The van der Waals surface area contributed by atoms with Gasteiger partial charge in [0.1, 0.15) is 4.88 Å². The first-order valence-corrected chi connectivity index (χ1v) is 9.33. The van der Waals surface area contributed by atoms with E-state index < -0.39 is 0 Å². The number of rotatable bonds is 3. The van der Waals surface area contributed by atoms with Gasteiger partial charge in [-0.15, -0.1) is 11.3 Å². The summed E-state index contributed by atoms with van der Waals surface area (Å²) in [6, 6.07) is 7.91. The summed E-state index contributed by atoms with van der Waals surface area (Å²) in [5.74, 6) is 1.12. The van der Waals surface area contributed by atoms with Gasteiger partial charge in [-0.05, 0) is 31.0 Å². The standard InChI is InChI=1S/C18H17ClN4OS/c1-11-15(25-17(22-11)16-20-7-8-21-16)18(24)23-9-6-13(10-23)12-2-4-14(19)5-3-12/h2-5,7-8,13H,6,9-10H2,1H3,(H,20,21). The second kappa shape index (κ2) is 6.61. The first-order valence-electron chi connectivity index (χ1n) is 8.13. The number of aryl methyl sites for hydroxylation is 1. The Morgan fingerprint density at radius 1 is 1.36 bits per heavy atom. The maximum atomic E-state index is 12.9. The summed E-state index contributed by atoms with van der Waals surface area (Å²) in [6.07, 6.45) is 4.41. The van der Waals surface area contributed by atoms with Gasteiger partial charge in [0.15, 0.2) is 10.8 Å². The molecular formula is C18H17ClN4OS. The summed E-state index contributed by atoms with van der Waals surface area (Å²) in [6.45, 7) is 3.37. The molecule has 1 aromatic carbocycles. The van der Waals surface area contributed by atoms with Crippen molar-refractivity contribution < 1.29 is 4.79 Å². The largest absolute Gasteiger partial charge is 0.343 e. The fourth-order valence-corrected chi connectivity index (χ4v) is 4.29. The van der Waals surface area contributed by atoms with Crippen molar-refractivity contribution in [3.8, 4) is 10.8 Å². The number of nitrogens with one attached hydrogen (secondary N) is 1. The van der Waals surface area contributed by atoms with E-state index in [0.29, 0.717) is 16.6 Å². The zero-order valence-electron chi connectivity index (χ0n) is 13.7. The van der Waals surface area contributed by atoms with Crippen molar-refractivity contribution in [2.75, 3.05) is 13.1 Å². The first-order chi connectivity index (χ1) is 12.1. The molecule has 5 nitrogen and oxygen atoms in total. The molecule has 1 N–H and O–H groups in total. The van der Waals surface area contributed by atoms with E-state index in [1.54, 1.807) is 12.4 Å². The van der Waals surface area contributed by atoms with Gasteiger partial charge in [-0.25, -0.2) is 9.97 Å². The predicted octanol–water partition coefficient (Wildman–Crippen LogP) is 4.12. The Bertz CT molecular complexity index is 888. The van der Waals surface area contributed by atoms with Crippen molar-refractivity contribution >= 4 is 28.8 Å². The molecule has 25 heavy (non-hydrogen) atoms. The van der Waals surface area contributed by atoms with Crippen LogP contribution >= 0.6 is 22.9 Å². The molecule has 0 aliphatic carbocycles. The number of thiazole rings is 1. The normalized spacial score (nSPS) is 17.2. The number of aromatic nitrogens is 3. The van der Waals surface area contributed by atoms with E-state index in [4.69, 9.17) is 11.6 Å². The highest BCUT2D eigenvalue weighted by molar-refractivity contribution is 7.17. The number of imidazole rings is 1. The predicted molar refractivity (Wildman–Crippen MR) is 99.1 cm³/mol. The topological polar surface area (TPSA) is 61.9 Å². The summed E-state index contributed by atoms with van der Waals surface area (Å²) < 4.78 is 0. The molecule has 1 unspecified atom stereocenters. The second-order valence-electron chi connectivity index (χ2n) is 6.16. The highest BCUT2D eigenvalue weighted by Gasteiger charge is 2.30. The van der Waals surface area contributed by atoms with Gasteiger partial charge < -0.3 is 9.88 Å². The molecular weight excluding hydrogens is 356 g/mol. The smallest absolute Gasteiger partial charge is 0.265 e. The van der Waals surface area contributed by atoms with Crippen LogP contribution in [0, 0.1) is 6.92 Å². The number of benzene rings is 1. The van der Waals surface area contributed by atoms with Crippen molar-refractivity contribution in [3.05, 3.63) is 57.8 Å². The summed E-state index contributed by atoms with van der Waals surface area (Å²) in [7, 11) is 0. The number of hydrogen-bond donors (Lipinski definition) is 1. The molecule has 1 aliphatic rings. The van der Waals surface area contributed by atoms with Gasteiger partial charge in [0.25, 0.3) is 5.91 Å². The molecule has 1 saturated heterocycles. The third-order valence-corrected chi connectivity index (χ3v) is 5.91. The quantitative estimate of drug-likeness (QED) is 0.752. The maximum Gasteiger partial charge on any atom is 0.265 e. The van der Waals surface area contributed by atoms with Crippen LogP contribution in [0.3, 0.4) is 0 Å². The van der Waals surface area contributed by atoms with Crippen LogP contribution in [0.4, 0.5) is 0 Å². The fourth-order valence-electron chi connectivity index (χ4n) is 3.17. The van der Waals surface area contributed by atoms with Crippen molar-refractivity contribution in [2.45, 2.75) is 19.3 Å². The third-order valence-electron chi connectivity index (χ3n) is 4.51. The monoisotopic (exact) mass is 372 g/mol. The molecule has 1 atom stereocenters. The van der Waals surface area contributed by atoms with Crippen LogP contribution in [0.15, 0.2) is 36.7 Å². The van der Waals surface area contributed by atoms with Gasteiger partial charge in [0.05, 0.1) is 5.69 Å². The minimum Gasteiger partial charge on any atom is -0.343 e. The second-order valence-corrected chi connectivity index (χ2v) is 7.60. The summed E-state index contributed by atoms with van der Waals surface area (Å²) in [4.78, 5) is 27.3. The Labute approximate surface area is 154 Å². The van der Waals surface area contributed by atoms with Gasteiger partial charge in [-0.1, -0.05) is 23.7 Å². The van der Waals surface area contributed by atoms with Gasteiger partial charge in [-0.2, -0.15) is 0 Å². The molecule has 0 radical (unpaired) electrons. The lowest BCUT2D eigenvalue weighted by atomic mass is 9.99. The summed E-state index contributed by atoms with van der Waals surface area (Å²) in [5.41, 5.74) is 1.99. The van der Waals surface area contributed by atoms with Crippen molar-refractivity contribution in [1.29, 1.82) is 0 Å². The highest BCUT2D eigenvalue weighted by atomic mass is 35.5. The Kier molecular flexibility index (Phi) is 4.31. The van der Waals surface area contributed by atoms with Crippen molar-refractivity contribution in [2.24, 2.45) is 0 Å². The molecule has 128 valence electrons. The van der Waals surface area contributed by atoms with E-state index in [9.17, 15) is 4.79 Å². The average molecular weight is 373 g/mol. The van der Waals surface area contributed by atoms with E-state index in [1.807, 2.05) is 36.1 Å². The van der Waals surface area contributed by atoms with E-state index >= 15 is 0 Å². The number of carbonyl (C=O) groups is 1. The number of aromatic amines is 1. The van der Waals surface area contributed by atoms with Gasteiger partial charge in [0.2, 0.25) is 0 Å². The molecule has 3 aromatic rings. The minimum absolute atomic E-state index is 0.0595. The minimum atomic E-state index is 0.0595. The number of carbonyl (C=O) groups excluding carboxylic acids is 1. The van der Waals surface area contributed by atoms with Crippen LogP contribution in [-0.4, -0.2) is 38.8 Å². The SMILES string of the molecule is Cc1nc(-c2ncc[nH]2)sc1C(=O)N1CCC(c2ccc(Cl)cc2)C1. The van der Waals surface area contributed by atoms with Gasteiger partial charge in [0, 0.05) is 36.4 Å². The van der Waals surface area contributed by atoms with E-state index in [2.05, 4.69) is 15.0 Å².